The average molecular weight is 247 g/mol. The molecule has 1 aliphatic rings. The molecule has 0 fully saturated rings. The minimum Gasteiger partial charge on any atom is -0.496 e. The Kier molecular flexibility index (Phi) is 3.96. The number of benzene rings is 1. The lowest BCUT2D eigenvalue weighted by Crippen LogP contribution is -2.34. The number of rotatable bonds is 3. The molecule has 2 rings (SSSR count). The topological polar surface area (TPSA) is 35.2 Å². The highest BCUT2D eigenvalue weighted by atomic mass is 16.5. The van der Waals surface area contributed by atoms with E-state index in [4.69, 9.17) is 10.5 Å². The van der Waals surface area contributed by atoms with Gasteiger partial charge in [-0.05, 0) is 68.7 Å². The van der Waals surface area contributed by atoms with Crippen LogP contribution in [0.15, 0.2) is 12.1 Å². The fraction of sp³-hybridized carbons (Fsp3) is 0.625. The first-order valence-corrected chi connectivity index (χ1v) is 6.97. The lowest BCUT2D eigenvalue weighted by Gasteiger charge is -2.21. The van der Waals surface area contributed by atoms with Gasteiger partial charge in [0, 0.05) is 5.54 Å². The molecule has 2 heteroatoms. The molecule has 0 unspecified atom stereocenters. The predicted molar refractivity (Wildman–Crippen MR) is 76.2 cm³/mol. The summed E-state index contributed by atoms with van der Waals surface area (Å²) in [6.45, 7) is 4.14. The monoisotopic (exact) mass is 247 g/mol. The molecule has 2 nitrogen and oxygen atoms in total. The molecule has 0 saturated heterocycles. The molecule has 18 heavy (non-hydrogen) atoms. The van der Waals surface area contributed by atoms with Crippen LogP contribution in [0.4, 0.5) is 0 Å². The van der Waals surface area contributed by atoms with Crippen LogP contribution in [0.1, 0.15) is 49.8 Å². The molecule has 0 saturated carbocycles. The molecular formula is C16H25NO. The van der Waals surface area contributed by atoms with Crippen molar-refractivity contribution in [1.82, 2.24) is 0 Å². The van der Waals surface area contributed by atoms with E-state index in [0.29, 0.717) is 0 Å². The molecule has 0 spiro atoms. The number of methoxy groups -OCH3 is 1. The van der Waals surface area contributed by atoms with E-state index in [1.807, 2.05) is 0 Å². The van der Waals surface area contributed by atoms with Gasteiger partial charge in [0.25, 0.3) is 0 Å². The van der Waals surface area contributed by atoms with Gasteiger partial charge in [-0.25, -0.2) is 0 Å². The Morgan fingerprint density at radius 2 is 1.72 bits per heavy atom. The number of aryl methyl sites for hydroxylation is 2. The second kappa shape index (κ2) is 5.31. The maximum absolute atomic E-state index is 6.14. The van der Waals surface area contributed by atoms with Crippen molar-refractivity contribution in [2.24, 2.45) is 5.73 Å². The van der Waals surface area contributed by atoms with Gasteiger partial charge in [0.15, 0.2) is 0 Å². The molecule has 0 amide bonds. The van der Waals surface area contributed by atoms with Gasteiger partial charge in [-0.15, -0.1) is 0 Å². The molecule has 0 aliphatic heterocycles. The number of hydrogen-bond acceptors (Lipinski definition) is 2. The lowest BCUT2D eigenvalue weighted by atomic mass is 9.91. The van der Waals surface area contributed by atoms with Crippen LogP contribution in [0.3, 0.4) is 0 Å². The Morgan fingerprint density at radius 1 is 1.11 bits per heavy atom. The van der Waals surface area contributed by atoms with Crippen LogP contribution in [0.2, 0.25) is 0 Å². The standard InChI is InChI=1S/C16H25NO/c1-16(2,17)11-14-9-12-7-5-4-6-8-13(12)10-15(14)18-3/h9-10H,4-8,11,17H2,1-3H3. The fourth-order valence-electron chi connectivity index (χ4n) is 2.81. The molecular weight excluding hydrogens is 222 g/mol. The number of fused-ring (bicyclic) bond motifs is 1. The number of hydrogen-bond donors (Lipinski definition) is 1. The predicted octanol–water partition coefficient (Wildman–Crippen LogP) is 3.24. The van der Waals surface area contributed by atoms with Crippen LogP contribution >= 0.6 is 0 Å². The summed E-state index contributed by atoms with van der Waals surface area (Å²) in [7, 11) is 1.76. The van der Waals surface area contributed by atoms with E-state index in [-0.39, 0.29) is 5.54 Å². The van der Waals surface area contributed by atoms with E-state index >= 15 is 0 Å². The minimum absolute atomic E-state index is 0.188. The molecule has 100 valence electrons. The second-order valence-electron chi connectivity index (χ2n) is 6.16. The molecule has 0 atom stereocenters. The Labute approximate surface area is 111 Å². The van der Waals surface area contributed by atoms with Gasteiger partial charge < -0.3 is 10.5 Å². The van der Waals surface area contributed by atoms with Crippen molar-refractivity contribution in [1.29, 1.82) is 0 Å². The van der Waals surface area contributed by atoms with Crippen LogP contribution in [0.5, 0.6) is 5.75 Å². The summed E-state index contributed by atoms with van der Waals surface area (Å²) in [6, 6.07) is 4.57. The zero-order valence-corrected chi connectivity index (χ0v) is 11.9. The van der Waals surface area contributed by atoms with Crippen molar-refractivity contribution < 1.29 is 4.74 Å². The normalized spacial score (nSPS) is 16.0. The second-order valence-corrected chi connectivity index (χ2v) is 6.16. The van der Waals surface area contributed by atoms with Crippen LogP contribution in [-0.4, -0.2) is 12.6 Å². The first-order valence-electron chi connectivity index (χ1n) is 6.97. The summed E-state index contributed by atoms with van der Waals surface area (Å²) in [5.74, 6) is 1.01. The first-order chi connectivity index (χ1) is 8.49. The highest BCUT2D eigenvalue weighted by Crippen LogP contribution is 2.30. The summed E-state index contributed by atoms with van der Waals surface area (Å²) in [4.78, 5) is 0. The summed E-state index contributed by atoms with van der Waals surface area (Å²) in [5, 5.41) is 0. The smallest absolute Gasteiger partial charge is 0.122 e. The van der Waals surface area contributed by atoms with Crippen molar-refractivity contribution in [3.63, 3.8) is 0 Å². The van der Waals surface area contributed by atoms with Crippen LogP contribution in [0.25, 0.3) is 0 Å². The van der Waals surface area contributed by atoms with Crippen LogP contribution in [0, 0.1) is 0 Å². The first kappa shape index (κ1) is 13.4. The van der Waals surface area contributed by atoms with Crippen LogP contribution in [-0.2, 0) is 19.3 Å². The average Bonchev–Trinajstić information content (AvgIpc) is 2.50. The lowest BCUT2D eigenvalue weighted by molar-refractivity contribution is 0.401. The van der Waals surface area contributed by atoms with Crippen molar-refractivity contribution in [2.75, 3.05) is 7.11 Å². The summed E-state index contributed by atoms with van der Waals surface area (Å²) >= 11 is 0. The zero-order chi connectivity index (χ0) is 13.2. The van der Waals surface area contributed by atoms with Gasteiger partial charge in [-0.2, -0.15) is 0 Å². The van der Waals surface area contributed by atoms with Gasteiger partial charge >= 0.3 is 0 Å². The van der Waals surface area contributed by atoms with Crippen LogP contribution < -0.4 is 10.5 Å². The Morgan fingerprint density at radius 3 is 2.28 bits per heavy atom. The minimum atomic E-state index is -0.188. The maximum atomic E-state index is 6.14. The van der Waals surface area contributed by atoms with E-state index < -0.39 is 0 Å². The fourth-order valence-corrected chi connectivity index (χ4v) is 2.81. The summed E-state index contributed by atoms with van der Waals surface area (Å²) < 4.78 is 5.54. The molecule has 2 N–H and O–H groups in total. The SMILES string of the molecule is COc1cc2c(cc1CC(C)(C)N)CCCCC2. The Balaban J connectivity index is 2.36. The largest absolute Gasteiger partial charge is 0.496 e. The van der Waals surface area contributed by atoms with Gasteiger partial charge in [0.1, 0.15) is 5.75 Å². The highest BCUT2D eigenvalue weighted by Gasteiger charge is 2.18. The van der Waals surface area contributed by atoms with E-state index in [1.54, 1.807) is 7.11 Å². The molecule has 0 aromatic heterocycles. The zero-order valence-electron chi connectivity index (χ0n) is 11.9. The molecule has 1 aromatic rings. The van der Waals surface area contributed by atoms with E-state index in [1.165, 1.54) is 48.8 Å². The Bertz CT molecular complexity index is 418. The van der Waals surface area contributed by atoms with Crippen molar-refractivity contribution in [3.05, 3.63) is 28.8 Å². The summed E-state index contributed by atoms with van der Waals surface area (Å²) in [6.07, 6.45) is 7.22. The third kappa shape index (κ3) is 3.26. The van der Waals surface area contributed by atoms with Gasteiger partial charge in [-0.3, -0.25) is 0 Å². The van der Waals surface area contributed by atoms with E-state index in [2.05, 4.69) is 26.0 Å². The highest BCUT2D eigenvalue weighted by molar-refractivity contribution is 5.44. The van der Waals surface area contributed by atoms with E-state index in [9.17, 15) is 0 Å². The van der Waals surface area contributed by atoms with Gasteiger partial charge in [0.2, 0.25) is 0 Å². The van der Waals surface area contributed by atoms with Crippen molar-refractivity contribution in [2.45, 2.75) is 57.9 Å². The molecule has 1 aromatic carbocycles. The third-order valence-electron chi connectivity index (χ3n) is 3.64. The van der Waals surface area contributed by atoms with Gasteiger partial charge in [-0.1, -0.05) is 12.5 Å². The van der Waals surface area contributed by atoms with Crippen molar-refractivity contribution >= 4 is 0 Å². The molecule has 1 aliphatic carbocycles. The Hall–Kier alpha value is -1.02. The number of ether oxygens (including phenoxy) is 1. The van der Waals surface area contributed by atoms with Crippen molar-refractivity contribution in [3.8, 4) is 5.75 Å². The quantitative estimate of drug-likeness (QED) is 0.832. The molecule has 0 bridgehead atoms. The third-order valence-corrected chi connectivity index (χ3v) is 3.64. The molecule has 0 heterocycles. The number of nitrogens with two attached hydrogens (primary N) is 1. The summed E-state index contributed by atoms with van der Waals surface area (Å²) in [5.41, 5.74) is 10.2. The van der Waals surface area contributed by atoms with E-state index in [0.717, 1.165) is 12.2 Å². The maximum Gasteiger partial charge on any atom is 0.122 e. The molecule has 0 radical (unpaired) electrons. The van der Waals surface area contributed by atoms with Gasteiger partial charge in [0.05, 0.1) is 7.11 Å².